The third kappa shape index (κ3) is 0.737. The molecule has 4 nitrogen and oxygen atoms in total. The highest BCUT2D eigenvalue weighted by Gasteiger charge is 2.02. The van der Waals surface area contributed by atoms with Crippen LogP contribution in [0.4, 0.5) is 0 Å². The summed E-state index contributed by atoms with van der Waals surface area (Å²) >= 11 is 0. The van der Waals surface area contributed by atoms with Crippen LogP contribution in [-0.2, 0) is 0 Å². The van der Waals surface area contributed by atoms with Crippen molar-refractivity contribution in [2.24, 2.45) is 0 Å². The Bertz CT molecular complexity index is 140. The molecule has 0 saturated heterocycles. The van der Waals surface area contributed by atoms with E-state index in [0.29, 0.717) is 5.70 Å². The number of nitrogens with one attached hydrogen (secondary N) is 3. The molecule has 1 rings (SSSR count). The highest BCUT2D eigenvalue weighted by molar-refractivity contribution is 5.20. The number of aliphatic hydroxyl groups is 1. The summed E-state index contributed by atoms with van der Waals surface area (Å²) in [4.78, 5) is 0. The van der Waals surface area contributed by atoms with Gasteiger partial charge >= 0.3 is 0 Å². The molecule has 0 bridgehead atoms. The van der Waals surface area contributed by atoms with Crippen molar-refractivity contribution in [1.29, 1.82) is 0 Å². The molecule has 0 unspecified atom stereocenters. The summed E-state index contributed by atoms with van der Waals surface area (Å²) in [7, 11) is 0. The largest absolute Gasteiger partial charge is 0.506 e. The Morgan fingerprint density at radius 1 is 1.75 bits per heavy atom. The van der Waals surface area contributed by atoms with Gasteiger partial charge in [0.15, 0.2) is 0 Å². The molecule has 0 aromatic rings. The molecule has 0 aliphatic carbocycles. The smallest absolute Gasteiger partial charge is 0.134 e. The molecule has 0 radical (unpaired) electrons. The van der Waals surface area contributed by atoms with Crippen LogP contribution in [0.15, 0.2) is 24.2 Å². The number of hydrogen-bond donors (Lipinski definition) is 4. The van der Waals surface area contributed by atoms with Gasteiger partial charge in [-0.3, -0.25) is 5.43 Å². The fraction of sp³-hybridized carbons (Fsp3) is 0. The van der Waals surface area contributed by atoms with Crippen LogP contribution in [0.2, 0.25) is 0 Å². The van der Waals surface area contributed by atoms with Gasteiger partial charge < -0.3 is 10.5 Å². The maximum Gasteiger partial charge on any atom is 0.134 e. The Labute approximate surface area is 46.8 Å². The van der Waals surface area contributed by atoms with Crippen molar-refractivity contribution in [3.05, 3.63) is 24.2 Å². The molecule has 44 valence electrons. The summed E-state index contributed by atoms with van der Waals surface area (Å²) in [6.45, 7) is 3.28. The topological polar surface area (TPSA) is 56.3 Å². The molecule has 1 aliphatic rings. The minimum Gasteiger partial charge on any atom is -0.506 e. The van der Waals surface area contributed by atoms with Crippen LogP contribution in [0.3, 0.4) is 0 Å². The highest BCUT2D eigenvalue weighted by atomic mass is 16.3. The molecule has 0 saturated carbocycles. The Balaban J connectivity index is 2.57. The van der Waals surface area contributed by atoms with E-state index < -0.39 is 0 Å². The van der Waals surface area contributed by atoms with Gasteiger partial charge in [0, 0.05) is 6.20 Å². The van der Waals surface area contributed by atoms with E-state index >= 15 is 0 Å². The van der Waals surface area contributed by atoms with Crippen LogP contribution in [0.1, 0.15) is 0 Å². The van der Waals surface area contributed by atoms with E-state index in [1.807, 2.05) is 0 Å². The maximum absolute atomic E-state index is 8.65. The summed E-state index contributed by atoms with van der Waals surface area (Å²) in [6, 6.07) is 0. The molecule has 0 aromatic heterocycles. The summed E-state index contributed by atoms with van der Waals surface area (Å²) in [5, 5.41) is 8.65. The van der Waals surface area contributed by atoms with E-state index in [0.717, 1.165) is 0 Å². The number of rotatable bonds is 1. The number of aliphatic hydroxyl groups excluding tert-OH is 1. The van der Waals surface area contributed by atoms with E-state index in [1.54, 1.807) is 6.20 Å². The Hall–Kier alpha value is -1.16. The summed E-state index contributed by atoms with van der Waals surface area (Å²) in [5.74, 6) is 0.0162. The van der Waals surface area contributed by atoms with Crippen LogP contribution in [-0.4, -0.2) is 5.11 Å². The first-order valence-corrected chi connectivity index (χ1v) is 2.15. The fourth-order valence-corrected chi connectivity index (χ4v) is 0.403. The van der Waals surface area contributed by atoms with Gasteiger partial charge in [-0.15, -0.1) is 0 Å². The highest BCUT2D eigenvalue weighted by Crippen LogP contribution is 1.97. The van der Waals surface area contributed by atoms with Gasteiger partial charge in [0.1, 0.15) is 11.5 Å². The van der Waals surface area contributed by atoms with Crippen molar-refractivity contribution < 1.29 is 5.11 Å². The molecule has 0 aromatic carbocycles. The Kier molecular flexibility index (Phi) is 1.09. The van der Waals surface area contributed by atoms with Gasteiger partial charge in [-0.05, 0) is 0 Å². The van der Waals surface area contributed by atoms with Crippen molar-refractivity contribution in [3.8, 4) is 0 Å². The monoisotopic (exact) mass is 113 g/mol. The zero-order valence-electron chi connectivity index (χ0n) is 4.23. The van der Waals surface area contributed by atoms with Crippen LogP contribution >= 0.6 is 0 Å². The third-order valence-corrected chi connectivity index (χ3v) is 0.797. The van der Waals surface area contributed by atoms with Crippen LogP contribution < -0.4 is 16.4 Å². The summed E-state index contributed by atoms with van der Waals surface area (Å²) in [5.41, 5.74) is 8.32. The Morgan fingerprint density at radius 3 is 2.75 bits per heavy atom. The molecule has 0 fully saturated rings. The minimum absolute atomic E-state index is 0.0162. The van der Waals surface area contributed by atoms with Gasteiger partial charge in [0.2, 0.25) is 0 Å². The molecule has 1 aliphatic heterocycles. The van der Waals surface area contributed by atoms with Gasteiger partial charge in [-0.1, -0.05) is 6.58 Å². The molecule has 0 amide bonds. The average molecular weight is 113 g/mol. The van der Waals surface area contributed by atoms with Gasteiger partial charge in [0.25, 0.3) is 0 Å². The molecular weight excluding hydrogens is 106 g/mol. The van der Waals surface area contributed by atoms with E-state index in [9.17, 15) is 0 Å². The fourth-order valence-electron chi connectivity index (χ4n) is 0.403. The summed E-state index contributed by atoms with van der Waals surface area (Å²) in [6.07, 6.45) is 1.57. The van der Waals surface area contributed by atoms with Crippen LogP contribution in [0.25, 0.3) is 0 Å². The second-order valence-electron chi connectivity index (χ2n) is 1.40. The lowest BCUT2D eigenvalue weighted by molar-refractivity contribution is 0.414. The lowest BCUT2D eigenvalue weighted by Crippen LogP contribution is -2.31. The molecule has 4 N–H and O–H groups in total. The van der Waals surface area contributed by atoms with E-state index in [2.05, 4.69) is 23.0 Å². The molecule has 4 heteroatoms. The molecule has 0 spiro atoms. The second kappa shape index (κ2) is 1.75. The van der Waals surface area contributed by atoms with Crippen molar-refractivity contribution >= 4 is 0 Å². The normalized spacial score (nSPS) is 16.2. The van der Waals surface area contributed by atoms with E-state index in [1.165, 1.54) is 0 Å². The SMILES string of the molecule is C=C(O)C1=CNNN1. The molecular formula is C4H7N3O. The zero-order valence-corrected chi connectivity index (χ0v) is 4.23. The maximum atomic E-state index is 8.65. The van der Waals surface area contributed by atoms with Crippen molar-refractivity contribution in [2.45, 2.75) is 0 Å². The molecule has 0 atom stereocenters. The van der Waals surface area contributed by atoms with Crippen LogP contribution in [0.5, 0.6) is 0 Å². The predicted octanol–water partition coefficient (Wildman–Crippen LogP) is -0.488. The second-order valence-corrected chi connectivity index (χ2v) is 1.40. The number of hydrazine groups is 2. The average Bonchev–Trinajstić information content (AvgIpc) is 2.12. The minimum atomic E-state index is 0.0162. The first-order chi connectivity index (χ1) is 3.80. The van der Waals surface area contributed by atoms with Gasteiger partial charge in [-0.2, -0.15) is 5.53 Å². The van der Waals surface area contributed by atoms with Crippen molar-refractivity contribution in [1.82, 2.24) is 16.4 Å². The van der Waals surface area contributed by atoms with E-state index in [4.69, 9.17) is 5.11 Å². The lowest BCUT2D eigenvalue weighted by atomic mass is 10.4. The predicted molar refractivity (Wildman–Crippen MR) is 29.3 cm³/mol. The van der Waals surface area contributed by atoms with Crippen LogP contribution in [0, 0.1) is 0 Å². The Morgan fingerprint density at radius 2 is 2.50 bits per heavy atom. The lowest BCUT2D eigenvalue weighted by Gasteiger charge is -1.96. The van der Waals surface area contributed by atoms with Gasteiger partial charge in [-0.25, -0.2) is 0 Å². The molecule has 1 heterocycles. The standard InChI is InChI=1S/C4H7N3O/c1-3(8)4-2-5-7-6-4/h2,5-8H,1H2. The van der Waals surface area contributed by atoms with E-state index in [-0.39, 0.29) is 5.76 Å². The number of hydrogen-bond acceptors (Lipinski definition) is 4. The first kappa shape index (κ1) is 4.99. The van der Waals surface area contributed by atoms with Crippen molar-refractivity contribution in [2.75, 3.05) is 0 Å². The quantitative estimate of drug-likeness (QED) is 0.347. The third-order valence-electron chi connectivity index (χ3n) is 0.797. The van der Waals surface area contributed by atoms with Gasteiger partial charge in [0.05, 0.1) is 0 Å². The molecule has 8 heavy (non-hydrogen) atoms. The first-order valence-electron chi connectivity index (χ1n) is 2.15. The zero-order chi connectivity index (χ0) is 5.98. The summed E-state index contributed by atoms with van der Waals surface area (Å²) < 4.78 is 0. The van der Waals surface area contributed by atoms with Crippen molar-refractivity contribution in [3.63, 3.8) is 0 Å².